The number of alkyl carbamates (subject to hydrolysis) is 1. The summed E-state index contributed by atoms with van der Waals surface area (Å²) in [5.41, 5.74) is 0. The fourth-order valence-electron chi connectivity index (χ4n) is 1.37. The first kappa shape index (κ1) is 14.7. The lowest BCUT2D eigenvalue weighted by Gasteiger charge is -2.13. The minimum absolute atomic E-state index is 0.151. The van der Waals surface area contributed by atoms with Crippen molar-refractivity contribution in [3.05, 3.63) is 34.1 Å². The predicted molar refractivity (Wildman–Crippen MR) is 63.7 cm³/mol. The molecule has 0 bridgehead atoms. The van der Waals surface area contributed by atoms with E-state index in [9.17, 15) is 19.7 Å². The van der Waals surface area contributed by atoms with Crippen LogP contribution in [0.25, 0.3) is 0 Å². The van der Waals surface area contributed by atoms with Gasteiger partial charge in [-0.1, -0.05) is 0 Å². The highest BCUT2D eigenvalue weighted by atomic mass is 16.6. The maximum Gasteiger partial charge on any atom is 0.413 e. The molecule has 0 saturated carbocycles. The van der Waals surface area contributed by atoms with Crippen LogP contribution in [0, 0.1) is 10.1 Å². The minimum Gasteiger partial charge on any atom is -0.467 e. The van der Waals surface area contributed by atoms with Gasteiger partial charge in [-0.2, -0.15) is 0 Å². The molecule has 1 N–H and O–H groups in total. The number of carbonyl (C=O) groups excluding carboxylic acids is 2. The lowest BCUT2D eigenvalue weighted by atomic mass is 10.1. The molecule has 2 atom stereocenters. The van der Waals surface area contributed by atoms with Crippen molar-refractivity contribution in [1.29, 1.82) is 0 Å². The third-order valence-electron chi connectivity index (χ3n) is 2.41. The van der Waals surface area contributed by atoms with Crippen LogP contribution in [0.15, 0.2) is 24.0 Å². The summed E-state index contributed by atoms with van der Waals surface area (Å²) in [5, 5.41) is 12.8. The Hall–Kier alpha value is -2.38. The standard InChI is InChI=1S/C11H14N2O6/c1-7(10(14)18-2)12-11(15)19-9-5-3-8(4-6-9)13(16)17/h3,5-8H,4H2,1-2H3,(H,12,15)/t7-,8?/m1/s1. The molecule has 19 heavy (non-hydrogen) atoms. The second kappa shape index (κ2) is 6.53. The van der Waals surface area contributed by atoms with Crippen molar-refractivity contribution < 1.29 is 24.0 Å². The third kappa shape index (κ3) is 4.41. The van der Waals surface area contributed by atoms with Crippen molar-refractivity contribution in [1.82, 2.24) is 5.32 Å². The molecule has 0 aromatic heterocycles. The summed E-state index contributed by atoms with van der Waals surface area (Å²) < 4.78 is 9.31. The van der Waals surface area contributed by atoms with E-state index in [0.717, 1.165) is 0 Å². The van der Waals surface area contributed by atoms with Gasteiger partial charge in [0.15, 0.2) is 0 Å². The molecule has 0 aliphatic heterocycles. The number of hydrogen-bond donors (Lipinski definition) is 1. The first-order chi connectivity index (χ1) is 8.93. The molecular formula is C11H14N2O6. The van der Waals surface area contributed by atoms with Crippen LogP contribution in [0.1, 0.15) is 13.3 Å². The van der Waals surface area contributed by atoms with E-state index >= 15 is 0 Å². The highest BCUT2D eigenvalue weighted by Gasteiger charge is 2.21. The Labute approximate surface area is 109 Å². The molecule has 1 aliphatic rings. The Kier molecular flexibility index (Phi) is 5.04. The van der Waals surface area contributed by atoms with Crippen LogP contribution in [0.5, 0.6) is 0 Å². The van der Waals surface area contributed by atoms with Crippen LogP contribution in [0.2, 0.25) is 0 Å². The molecule has 1 rings (SSSR count). The van der Waals surface area contributed by atoms with Crippen LogP contribution < -0.4 is 5.32 Å². The van der Waals surface area contributed by atoms with Crippen LogP contribution in [0.3, 0.4) is 0 Å². The van der Waals surface area contributed by atoms with Crippen molar-refractivity contribution in [2.45, 2.75) is 25.4 Å². The summed E-state index contributed by atoms with van der Waals surface area (Å²) >= 11 is 0. The molecule has 0 aromatic carbocycles. The summed E-state index contributed by atoms with van der Waals surface area (Å²) in [6.45, 7) is 1.45. The second-order valence-electron chi connectivity index (χ2n) is 3.83. The molecule has 8 nitrogen and oxygen atoms in total. The fraction of sp³-hybridized carbons (Fsp3) is 0.455. The topological polar surface area (TPSA) is 108 Å². The van der Waals surface area contributed by atoms with Gasteiger partial charge in [-0.05, 0) is 25.2 Å². The summed E-state index contributed by atoms with van der Waals surface area (Å²) in [5.74, 6) is -0.397. The van der Waals surface area contributed by atoms with Crippen molar-refractivity contribution >= 4 is 12.1 Å². The van der Waals surface area contributed by atoms with Crippen molar-refractivity contribution in [2.24, 2.45) is 0 Å². The molecule has 104 valence electrons. The Morgan fingerprint density at radius 1 is 1.58 bits per heavy atom. The minimum atomic E-state index is -0.836. The molecule has 8 heteroatoms. The van der Waals surface area contributed by atoms with E-state index in [1.165, 1.54) is 32.3 Å². The Balaban J connectivity index is 2.45. The fourth-order valence-corrected chi connectivity index (χ4v) is 1.37. The highest BCUT2D eigenvalue weighted by Crippen LogP contribution is 2.13. The number of carbonyl (C=O) groups is 2. The Morgan fingerprint density at radius 2 is 2.26 bits per heavy atom. The molecule has 0 saturated heterocycles. The van der Waals surface area contributed by atoms with E-state index in [1.807, 2.05) is 0 Å². The van der Waals surface area contributed by atoms with Gasteiger partial charge in [0.05, 0.1) is 7.11 Å². The number of ether oxygens (including phenoxy) is 2. The van der Waals surface area contributed by atoms with E-state index in [0.29, 0.717) is 0 Å². The second-order valence-corrected chi connectivity index (χ2v) is 3.83. The average Bonchev–Trinajstić information content (AvgIpc) is 2.38. The van der Waals surface area contributed by atoms with Crippen molar-refractivity contribution in [2.75, 3.05) is 7.11 Å². The third-order valence-corrected chi connectivity index (χ3v) is 2.41. The number of nitrogens with one attached hydrogen (secondary N) is 1. The van der Waals surface area contributed by atoms with Gasteiger partial charge < -0.3 is 14.8 Å². The monoisotopic (exact) mass is 270 g/mol. The smallest absolute Gasteiger partial charge is 0.413 e. The Bertz CT molecular complexity index is 442. The van der Waals surface area contributed by atoms with E-state index in [-0.39, 0.29) is 12.2 Å². The van der Waals surface area contributed by atoms with Gasteiger partial charge in [0.2, 0.25) is 6.04 Å². The molecule has 0 aromatic rings. The van der Waals surface area contributed by atoms with Crippen LogP contribution in [0.4, 0.5) is 4.79 Å². The molecule has 0 fully saturated rings. The van der Waals surface area contributed by atoms with E-state index < -0.39 is 29.1 Å². The SMILES string of the molecule is COC(=O)[C@@H](C)NC(=O)OC1=CCC([N+](=O)[O-])C=C1. The number of rotatable bonds is 4. The van der Waals surface area contributed by atoms with Crippen LogP contribution >= 0.6 is 0 Å². The van der Waals surface area contributed by atoms with Gasteiger partial charge >= 0.3 is 12.1 Å². The lowest BCUT2D eigenvalue weighted by Crippen LogP contribution is -2.39. The number of nitro groups is 1. The van der Waals surface area contributed by atoms with Crippen molar-refractivity contribution in [3.63, 3.8) is 0 Å². The maximum atomic E-state index is 11.4. The normalized spacial score (nSPS) is 19.1. The van der Waals surface area contributed by atoms with Crippen LogP contribution in [-0.4, -0.2) is 36.2 Å². The van der Waals surface area contributed by atoms with Gasteiger partial charge in [-0.25, -0.2) is 9.59 Å². The number of methoxy groups -OCH3 is 1. The van der Waals surface area contributed by atoms with Gasteiger partial charge in [0, 0.05) is 11.3 Å². The van der Waals surface area contributed by atoms with E-state index in [2.05, 4.69) is 10.1 Å². The largest absolute Gasteiger partial charge is 0.467 e. The molecular weight excluding hydrogens is 256 g/mol. The van der Waals surface area contributed by atoms with Crippen LogP contribution in [-0.2, 0) is 14.3 Å². The number of esters is 1. The number of hydrogen-bond acceptors (Lipinski definition) is 6. The highest BCUT2D eigenvalue weighted by molar-refractivity contribution is 5.81. The van der Waals surface area contributed by atoms with Gasteiger partial charge in [-0.15, -0.1) is 0 Å². The number of nitrogens with zero attached hydrogens (tertiary/aromatic N) is 1. The van der Waals surface area contributed by atoms with E-state index in [1.54, 1.807) is 0 Å². The summed E-state index contributed by atoms with van der Waals surface area (Å²) in [4.78, 5) is 32.5. The summed E-state index contributed by atoms with van der Waals surface area (Å²) in [7, 11) is 1.20. The van der Waals surface area contributed by atoms with Gasteiger partial charge in [0.25, 0.3) is 0 Å². The summed E-state index contributed by atoms with van der Waals surface area (Å²) in [6, 6.07) is -1.64. The zero-order valence-electron chi connectivity index (χ0n) is 10.5. The molecule has 1 aliphatic carbocycles. The first-order valence-corrected chi connectivity index (χ1v) is 5.52. The number of allylic oxidation sites excluding steroid dienone is 1. The molecule has 0 spiro atoms. The molecule has 0 heterocycles. The maximum absolute atomic E-state index is 11.4. The summed E-state index contributed by atoms with van der Waals surface area (Å²) in [6.07, 6.45) is 3.45. The van der Waals surface area contributed by atoms with Gasteiger partial charge in [0.1, 0.15) is 11.8 Å². The average molecular weight is 270 g/mol. The number of amides is 1. The molecule has 1 unspecified atom stereocenters. The first-order valence-electron chi connectivity index (χ1n) is 5.52. The quantitative estimate of drug-likeness (QED) is 0.459. The van der Waals surface area contributed by atoms with Crippen molar-refractivity contribution in [3.8, 4) is 0 Å². The Morgan fingerprint density at radius 3 is 2.74 bits per heavy atom. The lowest BCUT2D eigenvalue weighted by molar-refractivity contribution is -0.508. The zero-order valence-corrected chi connectivity index (χ0v) is 10.5. The molecule has 0 radical (unpaired) electrons. The molecule has 1 amide bonds. The zero-order chi connectivity index (χ0) is 14.4. The van der Waals surface area contributed by atoms with Gasteiger partial charge in [-0.3, -0.25) is 10.1 Å². The van der Waals surface area contributed by atoms with E-state index in [4.69, 9.17) is 4.74 Å². The predicted octanol–water partition coefficient (Wildman–Crippen LogP) is 0.763.